The zero-order valence-electron chi connectivity index (χ0n) is 19.3. The number of carbonyl (C=O) groups excluding carboxylic acids is 4. The van der Waals surface area contributed by atoms with Crippen molar-refractivity contribution in [2.24, 2.45) is 0 Å². The molecule has 0 aliphatic carbocycles. The van der Waals surface area contributed by atoms with E-state index in [1.54, 1.807) is 24.4 Å². The summed E-state index contributed by atoms with van der Waals surface area (Å²) < 4.78 is 5.35. The summed E-state index contributed by atoms with van der Waals surface area (Å²) in [4.78, 5) is 56.5. The van der Waals surface area contributed by atoms with Gasteiger partial charge in [0, 0.05) is 11.6 Å². The molecule has 178 valence electrons. The van der Waals surface area contributed by atoms with E-state index in [0.717, 1.165) is 21.4 Å². The lowest BCUT2D eigenvalue weighted by Crippen LogP contribution is -2.30. The van der Waals surface area contributed by atoms with Crippen LogP contribution in [0, 0.1) is 0 Å². The van der Waals surface area contributed by atoms with Gasteiger partial charge >= 0.3 is 5.97 Å². The fourth-order valence-corrected chi connectivity index (χ4v) is 4.06. The van der Waals surface area contributed by atoms with Crippen molar-refractivity contribution in [2.45, 2.75) is 19.6 Å². The first-order valence-electron chi connectivity index (χ1n) is 11.3. The van der Waals surface area contributed by atoms with Gasteiger partial charge in [0.1, 0.15) is 0 Å². The normalized spacial score (nSPS) is 13.4. The van der Waals surface area contributed by atoms with Crippen LogP contribution in [-0.4, -0.2) is 39.7 Å². The van der Waals surface area contributed by atoms with Crippen LogP contribution in [0.15, 0.2) is 85.1 Å². The fraction of sp³-hybridized carbons (Fsp3) is 0.107. The highest BCUT2D eigenvalue weighted by molar-refractivity contribution is 6.22. The van der Waals surface area contributed by atoms with E-state index >= 15 is 0 Å². The third-order valence-corrected chi connectivity index (χ3v) is 5.95. The second-order valence-electron chi connectivity index (χ2n) is 8.35. The molecule has 0 fully saturated rings. The maximum atomic E-state index is 12.9. The molecule has 1 N–H and O–H groups in total. The molecule has 1 atom stereocenters. The fourth-order valence-electron chi connectivity index (χ4n) is 4.06. The van der Waals surface area contributed by atoms with Gasteiger partial charge in [-0.05, 0) is 55.0 Å². The highest BCUT2D eigenvalue weighted by atomic mass is 16.5. The van der Waals surface area contributed by atoms with Crippen LogP contribution in [0.4, 0.5) is 5.69 Å². The molecule has 36 heavy (non-hydrogen) atoms. The minimum Gasteiger partial charge on any atom is -0.449 e. The Hall–Kier alpha value is -4.85. The summed E-state index contributed by atoms with van der Waals surface area (Å²) in [6.45, 7) is 1.59. The number of nitrogens with zero attached hydrogens (tertiary/aromatic N) is 2. The molecule has 1 aromatic heterocycles. The van der Waals surface area contributed by atoms with E-state index < -0.39 is 29.8 Å². The molecule has 3 amide bonds. The molecule has 5 rings (SSSR count). The number of imide groups is 1. The molecule has 2 heterocycles. The van der Waals surface area contributed by atoms with Crippen molar-refractivity contribution in [3.05, 3.63) is 107 Å². The van der Waals surface area contributed by atoms with E-state index in [2.05, 4.69) is 10.3 Å². The Morgan fingerprint density at radius 3 is 2.50 bits per heavy atom. The van der Waals surface area contributed by atoms with Crippen LogP contribution >= 0.6 is 0 Å². The van der Waals surface area contributed by atoms with Crippen molar-refractivity contribution in [1.82, 2.24) is 9.88 Å². The largest absolute Gasteiger partial charge is 0.449 e. The number of carbonyl (C=O) groups is 4. The van der Waals surface area contributed by atoms with Gasteiger partial charge < -0.3 is 10.1 Å². The smallest absolute Gasteiger partial charge is 0.338 e. The monoisotopic (exact) mass is 479 g/mol. The highest BCUT2D eigenvalue weighted by Gasteiger charge is 2.36. The zero-order chi connectivity index (χ0) is 25.2. The summed E-state index contributed by atoms with van der Waals surface area (Å²) in [5.74, 6) is -2.19. The van der Waals surface area contributed by atoms with Crippen molar-refractivity contribution < 1.29 is 23.9 Å². The second-order valence-corrected chi connectivity index (χ2v) is 8.35. The number of hydrogen-bond acceptors (Lipinski definition) is 6. The Labute approximate surface area is 206 Å². The Balaban J connectivity index is 1.28. The molecule has 1 aliphatic heterocycles. The minimum atomic E-state index is -1.11. The first-order chi connectivity index (χ1) is 17.4. The van der Waals surface area contributed by atoms with Crippen molar-refractivity contribution in [2.75, 3.05) is 5.32 Å². The molecule has 1 aliphatic rings. The standard InChI is InChI=1S/C28H21N3O5/c1-17(25(32)30-24-11-5-10-23-21(24)9-6-14-29-23)36-28(35)19-12-13-20-22(15-19)27(34)31(26(20)33)16-18-7-3-2-4-8-18/h2-15,17H,16H2,1H3,(H,30,32)/t17-/m0/s1. The van der Waals surface area contributed by atoms with Crippen LogP contribution < -0.4 is 5.32 Å². The predicted octanol–water partition coefficient (Wildman–Crippen LogP) is 4.22. The lowest BCUT2D eigenvalue weighted by molar-refractivity contribution is -0.123. The molecule has 0 spiro atoms. The first-order valence-corrected chi connectivity index (χ1v) is 11.3. The molecule has 8 heteroatoms. The van der Waals surface area contributed by atoms with E-state index in [-0.39, 0.29) is 23.2 Å². The van der Waals surface area contributed by atoms with E-state index in [1.165, 1.54) is 25.1 Å². The lowest BCUT2D eigenvalue weighted by atomic mass is 10.1. The van der Waals surface area contributed by atoms with Crippen molar-refractivity contribution in [3.8, 4) is 0 Å². The molecule has 0 bridgehead atoms. The number of benzene rings is 3. The number of fused-ring (bicyclic) bond motifs is 2. The summed E-state index contributed by atoms with van der Waals surface area (Å²) in [5, 5.41) is 3.52. The zero-order valence-corrected chi connectivity index (χ0v) is 19.3. The summed E-state index contributed by atoms with van der Waals surface area (Å²) >= 11 is 0. The van der Waals surface area contributed by atoms with Crippen LogP contribution in [0.5, 0.6) is 0 Å². The van der Waals surface area contributed by atoms with Crippen LogP contribution in [-0.2, 0) is 16.1 Å². The number of rotatable bonds is 6. The summed E-state index contributed by atoms with van der Waals surface area (Å²) in [6, 6.07) is 22.3. The van der Waals surface area contributed by atoms with Crippen molar-refractivity contribution in [1.29, 1.82) is 0 Å². The van der Waals surface area contributed by atoms with Crippen molar-refractivity contribution >= 4 is 40.3 Å². The number of nitrogens with one attached hydrogen (secondary N) is 1. The number of pyridine rings is 1. The Bertz CT molecular complexity index is 1510. The number of ether oxygens (including phenoxy) is 1. The minimum absolute atomic E-state index is 0.0745. The number of amides is 3. The van der Waals surface area contributed by atoms with Crippen molar-refractivity contribution in [3.63, 3.8) is 0 Å². The third-order valence-electron chi connectivity index (χ3n) is 5.95. The Morgan fingerprint density at radius 2 is 1.69 bits per heavy atom. The quantitative estimate of drug-likeness (QED) is 0.328. The van der Waals surface area contributed by atoms with Gasteiger partial charge in [-0.2, -0.15) is 0 Å². The topological polar surface area (TPSA) is 106 Å². The predicted molar refractivity (Wildman–Crippen MR) is 132 cm³/mol. The van der Waals surface area contributed by atoms with E-state index in [4.69, 9.17) is 4.74 Å². The summed E-state index contributed by atoms with van der Waals surface area (Å²) in [5.41, 5.74) is 2.51. The Kier molecular flexibility index (Phi) is 6.00. The molecule has 8 nitrogen and oxygen atoms in total. The molecule has 0 saturated heterocycles. The van der Waals surface area contributed by atoms with Gasteiger partial charge in [-0.3, -0.25) is 24.3 Å². The molecule has 3 aromatic carbocycles. The number of hydrogen-bond donors (Lipinski definition) is 1. The molecular formula is C28H21N3O5. The number of aromatic nitrogens is 1. The van der Waals surface area contributed by atoms with Crippen LogP contribution in [0.3, 0.4) is 0 Å². The molecular weight excluding hydrogens is 458 g/mol. The van der Waals surface area contributed by atoms with Gasteiger partial charge in [-0.1, -0.05) is 36.4 Å². The average molecular weight is 479 g/mol. The van der Waals surface area contributed by atoms with E-state index in [1.807, 2.05) is 42.5 Å². The molecule has 0 saturated carbocycles. The maximum absolute atomic E-state index is 12.9. The van der Waals surface area contributed by atoms with E-state index in [9.17, 15) is 19.2 Å². The van der Waals surface area contributed by atoms with Gasteiger partial charge in [0.25, 0.3) is 17.7 Å². The SMILES string of the molecule is C[C@H](OC(=O)c1ccc2c(c1)C(=O)N(Cc1ccccc1)C2=O)C(=O)Nc1cccc2ncccc12. The lowest BCUT2D eigenvalue weighted by Gasteiger charge is -2.15. The van der Waals surface area contributed by atoms with Gasteiger partial charge in [-0.15, -0.1) is 0 Å². The average Bonchev–Trinajstić information content (AvgIpc) is 3.13. The summed E-state index contributed by atoms with van der Waals surface area (Å²) in [6.07, 6.45) is 0.554. The van der Waals surface area contributed by atoms with Gasteiger partial charge in [0.05, 0.1) is 34.4 Å². The maximum Gasteiger partial charge on any atom is 0.338 e. The molecule has 0 unspecified atom stereocenters. The van der Waals surface area contributed by atoms with Crippen LogP contribution in [0.1, 0.15) is 43.6 Å². The van der Waals surface area contributed by atoms with Crippen LogP contribution in [0.25, 0.3) is 10.9 Å². The van der Waals surface area contributed by atoms with E-state index in [0.29, 0.717) is 5.69 Å². The Morgan fingerprint density at radius 1 is 0.917 bits per heavy atom. The van der Waals surface area contributed by atoms with Crippen LogP contribution in [0.2, 0.25) is 0 Å². The second kappa shape index (κ2) is 9.42. The van der Waals surface area contributed by atoms with Gasteiger partial charge in [0.15, 0.2) is 6.10 Å². The number of esters is 1. The summed E-state index contributed by atoms with van der Waals surface area (Å²) in [7, 11) is 0. The van der Waals surface area contributed by atoms with Gasteiger partial charge in [-0.25, -0.2) is 4.79 Å². The molecule has 0 radical (unpaired) electrons. The first kappa shape index (κ1) is 22.9. The molecule has 4 aromatic rings. The highest BCUT2D eigenvalue weighted by Crippen LogP contribution is 2.26. The number of anilines is 1. The third kappa shape index (κ3) is 4.32. The van der Waals surface area contributed by atoms with Gasteiger partial charge in [0.2, 0.25) is 0 Å².